The van der Waals surface area contributed by atoms with Gasteiger partial charge in [0.25, 0.3) is 0 Å². The Morgan fingerprint density at radius 1 is 1.09 bits per heavy atom. The van der Waals surface area contributed by atoms with E-state index in [1.165, 1.54) is 7.11 Å². The van der Waals surface area contributed by atoms with Gasteiger partial charge in [-0.25, -0.2) is 4.79 Å². The minimum Gasteiger partial charge on any atom is -0.494 e. The zero-order valence-corrected chi connectivity index (χ0v) is 18.0. The summed E-state index contributed by atoms with van der Waals surface area (Å²) in [4.78, 5) is 34.5. The van der Waals surface area contributed by atoms with Crippen molar-refractivity contribution in [3.63, 3.8) is 0 Å². The van der Waals surface area contributed by atoms with Crippen molar-refractivity contribution in [1.82, 2.24) is 0 Å². The molecule has 1 heterocycles. The molecule has 8 heteroatoms. The van der Waals surface area contributed by atoms with Gasteiger partial charge in [-0.1, -0.05) is 12.1 Å². The number of methoxy groups -OCH3 is 1. The molecule has 2 aromatic carbocycles. The topological polar surface area (TPSA) is 114 Å². The quantitative estimate of drug-likeness (QED) is 0.421. The fourth-order valence-corrected chi connectivity index (χ4v) is 3.38. The number of rotatable bonds is 11. The van der Waals surface area contributed by atoms with Gasteiger partial charge < -0.3 is 24.7 Å². The average molecular weight is 441 g/mol. The van der Waals surface area contributed by atoms with Crippen molar-refractivity contribution in [3.05, 3.63) is 64.7 Å². The van der Waals surface area contributed by atoms with Crippen LogP contribution >= 0.6 is 0 Å². The molecule has 1 atom stereocenters. The first-order valence-electron chi connectivity index (χ1n) is 10.4. The first kappa shape index (κ1) is 23.3. The molecule has 8 nitrogen and oxygen atoms in total. The molecule has 2 aromatic rings. The van der Waals surface area contributed by atoms with Gasteiger partial charge in [0.1, 0.15) is 12.4 Å². The van der Waals surface area contributed by atoms with E-state index in [1.807, 2.05) is 18.2 Å². The van der Waals surface area contributed by atoms with Crippen LogP contribution in [0, 0.1) is 0 Å². The van der Waals surface area contributed by atoms with Crippen LogP contribution in [-0.4, -0.2) is 31.6 Å². The number of hydrogen-bond donors (Lipinski definition) is 1. The number of unbranched alkanes of at least 4 members (excludes halogenated alkanes) is 1. The molecule has 0 radical (unpaired) electrons. The lowest BCUT2D eigenvalue weighted by Gasteiger charge is -2.10. The van der Waals surface area contributed by atoms with E-state index in [1.54, 1.807) is 24.3 Å². The summed E-state index contributed by atoms with van der Waals surface area (Å²) in [5, 5.41) is 0. The van der Waals surface area contributed by atoms with E-state index in [0.29, 0.717) is 37.4 Å². The number of benzene rings is 2. The Morgan fingerprint density at radius 2 is 1.88 bits per heavy atom. The number of esters is 2. The van der Waals surface area contributed by atoms with E-state index in [4.69, 9.17) is 24.7 Å². The van der Waals surface area contributed by atoms with Crippen LogP contribution in [-0.2, 0) is 37.0 Å². The molecule has 170 valence electrons. The SMILES string of the molecule is COC(=O)CC1OCc2cc(COC(=O)c3ccc(OCCCCC(N)=O)cc3)ccc21. The Hall–Kier alpha value is -3.39. The molecule has 0 aromatic heterocycles. The third-order valence-electron chi connectivity index (χ3n) is 5.12. The number of carbonyl (C=O) groups excluding carboxylic acids is 3. The molecule has 0 saturated heterocycles. The highest BCUT2D eigenvalue weighted by atomic mass is 16.5. The van der Waals surface area contributed by atoms with E-state index in [2.05, 4.69) is 0 Å². The summed E-state index contributed by atoms with van der Waals surface area (Å²) < 4.78 is 21.4. The summed E-state index contributed by atoms with van der Waals surface area (Å²) in [6, 6.07) is 12.4. The lowest BCUT2D eigenvalue weighted by Crippen LogP contribution is -2.10. The molecule has 0 saturated carbocycles. The summed E-state index contributed by atoms with van der Waals surface area (Å²) in [5.74, 6) is -0.428. The normalized spacial score (nSPS) is 14.5. The highest BCUT2D eigenvalue weighted by molar-refractivity contribution is 5.89. The summed E-state index contributed by atoms with van der Waals surface area (Å²) in [6.07, 6.45) is 1.62. The molecule has 0 fully saturated rings. The van der Waals surface area contributed by atoms with Gasteiger partial charge in [0.05, 0.1) is 38.4 Å². The molecule has 1 aliphatic rings. The van der Waals surface area contributed by atoms with E-state index in [-0.39, 0.29) is 31.0 Å². The molecule has 1 amide bonds. The number of primary amides is 1. The van der Waals surface area contributed by atoms with Gasteiger partial charge in [0.15, 0.2) is 0 Å². The summed E-state index contributed by atoms with van der Waals surface area (Å²) in [5.41, 5.74) is 8.30. The van der Waals surface area contributed by atoms with Crippen LogP contribution in [0.5, 0.6) is 5.75 Å². The summed E-state index contributed by atoms with van der Waals surface area (Å²) >= 11 is 0. The summed E-state index contributed by atoms with van der Waals surface area (Å²) in [7, 11) is 1.35. The number of fused-ring (bicyclic) bond motifs is 1. The third kappa shape index (κ3) is 6.55. The van der Waals surface area contributed by atoms with E-state index < -0.39 is 5.97 Å². The van der Waals surface area contributed by atoms with Gasteiger partial charge in [0.2, 0.25) is 5.91 Å². The number of carbonyl (C=O) groups is 3. The number of nitrogens with two attached hydrogens (primary N) is 1. The molecule has 0 spiro atoms. The first-order valence-corrected chi connectivity index (χ1v) is 10.4. The summed E-state index contributed by atoms with van der Waals surface area (Å²) in [6.45, 7) is 1.01. The molecule has 1 aliphatic heterocycles. The monoisotopic (exact) mass is 441 g/mol. The predicted molar refractivity (Wildman–Crippen MR) is 115 cm³/mol. The Bertz CT molecular complexity index is 955. The molecule has 3 rings (SSSR count). The lowest BCUT2D eigenvalue weighted by atomic mass is 10.0. The van der Waals surface area contributed by atoms with Crippen LogP contribution < -0.4 is 10.5 Å². The highest BCUT2D eigenvalue weighted by Crippen LogP contribution is 2.34. The highest BCUT2D eigenvalue weighted by Gasteiger charge is 2.26. The molecular weight excluding hydrogens is 414 g/mol. The van der Waals surface area contributed by atoms with Crippen LogP contribution in [0.15, 0.2) is 42.5 Å². The van der Waals surface area contributed by atoms with Crippen LogP contribution in [0.2, 0.25) is 0 Å². The lowest BCUT2D eigenvalue weighted by molar-refractivity contribution is -0.143. The molecular formula is C24H27NO7. The van der Waals surface area contributed by atoms with Gasteiger partial charge in [-0.2, -0.15) is 0 Å². The Kier molecular flexibility index (Phi) is 8.21. The predicted octanol–water partition coefficient (Wildman–Crippen LogP) is 3.21. The van der Waals surface area contributed by atoms with Crippen LogP contribution in [0.1, 0.15) is 58.8 Å². The first-order chi connectivity index (χ1) is 15.5. The Morgan fingerprint density at radius 3 is 2.59 bits per heavy atom. The molecule has 1 unspecified atom stereocenters. The minimum absolute atomic E-state index is 0.131. The third-order valence-corrected chi connectivity index (χ3v) is 5.12. The van der Waals surface area contributed by atoms with E-state index in [0.717, 1.165) is 23.1 Å². The number of amides is 1. The van der Waals surface area contributed by atoms with E-state index in [9.17, 15) is 14.4 Å². The number of hydrogen-bond acceptors (Lipinski definition) is 7. The smallest absolute Gasteiger partial charge is 0.338 e. The van der Waals surface area contributed by atoms with Gasteiger partial charge in [-0.3, -0.25) is 9.59 Å². The van der Waals surface area contributed by atoms with Crippen molar-refractivity contribution in [2.45, 2.75) is 45.0 Å². The largest absolute Gasteiger partial charge is 0.494 e. The Labute approximate surface area is 186 Å². The van der Waals surface area contributed by atoms with Gasteiger partial charge in [-0.15, -0.1) is 0 Å². The maximum absolute atomic E-state index is 12.3. The zero-order chi connectivity index (χ0) is 22.9. The molecule has 32 heavy (non-hydrogen) atoms. The average Bonchev–Trinajstić information content (AvgIpc) is 3.19. The van der Waals surface area contributed by atoms with Crippen LogP contribution in [0.3, 0.4) is 0 Å². The van der Waals surface area contributed by atoms with Crippen molar-refractivity contribution in [3.8, 4) is 5.75 Å². The van der Waals surface area contributed by atoms with Gasteiger partial charge in [-0.05, 0) is 59.9 Å². The fraction of sp³-hybridized carbons (Fsp3) is 0.375. The van der Waals surface area contributed by atoms with Crippen molar-refractivity contribution in [2.75, 3.05) is 13.7 Å². The molecule has 2 N–H and O–H groups in total. The van der Waals surface area contributed by atoms with Crippen LogP contribution in [0.4, 0.5) is 0 Å². The Balaban J connectivity index is 1.46. The second-order valence-corrected chi connectivity index (χ2v) is 7.49. The van der Waals surface area contributed by atoms with Crippen LogP contribution in [0.25, 0.3) is 0 Å². The molecule has 0 bridgehead atoms. The van der Waals surface area contributed by atoms with Gasteiger partial charge >= 0.3 is 11.9 Å². The minimum atomic E-state index is -0.432. The van der Waals surface area contributed by atoms with Gasteiger partial charge in [0, 0.05) is 6.42 Å². The standard InChI is InChI=1S/C24H27NO7/c1-29-23(27)13-21-20-10-5-16(12-18(20)15-31-21)14-32-24(28)17-6-8-19(9-7-17)30-11-3-2-4-22(25)26/h5-10,12,21H,2-4,11,13-15H2,1H3,(H2,25,26). The van der Waals surface area contributed by atoms with Crippen molar-refractivity contribution < 1.29 is 33.3 Å². The maximum atomic E-state index is 12.3. The second-order valence-electron chi connectivity index (χ2n) is 7.49. The maximum Gasteiger partial charge on any atom is 0.338 e. The van der Waals surface area contributed by atoms with Crippen molar-refractivity contribution >= 4 is 17.8 Å². The van der Waals surface area contributed by atoms with E-state index >= 15 is 0 Å². The van der Waals surface area contributed by atoms with Crippen molar-refractivity contribution in [1.29, 1.82) is 0 Å². The molecule has 0 aliphatic carbocycles. The van der Waals surface area contributed by atoms with Crippen molar-refractivity contribution in [2.24, 2.45) is 5.73 Å². The second kappa shape index (κ2) is 11.3. The zero-order valence-electron chi connectivity index (χ0n) is 18.0. The fourth-order valence-electron chi connectivity index (χ4n) is 3.38. The number of ether oxygens (including phenoxy) is 4.